The predicted octanol–water partition coefficient (Wildman–Crippen LogP) is 4.50. The fourth-order valence-corrected chi connectivity index (χ4v) is 4.24. The van der Waals surface area contributed by atoms with E-state index in [1.165, 1.54) is 14.2 Å². The van der Waals surface area contributed by atoms with E-state index in [-0.39, 0.29) is 5.91 Å². The van der Waals surface area contributed by atoms with Crippen LogP contribution in [-0.2, 0) is 0 Å². The molecule has 0 bridgehead atoms. The Kier molecular flexibility index (Phi) is 7.34. The van der Waals surface area contributed by atoms with Crippen molar-refractivity contribution >= 4 is 51.6 Å². The number of hydrogen-bond acceptors (Lipinski definition) is 7. The third kappa shape index (κ3) is 5.14. The molecule has 0 fully saturated rings. The second kappa shape index (κ2) is 10.4. The van der Waals surface area contributed by atoms with Crippen molar-refractivity contribution in [2.24, 2.45) is 0 Å². The van der Waals surface area contributed by atoms with E-state index in [0.717, 1.165) is 12.1 Å². The molecular weight excluding hydrogens is 493 g/mol. The largest absolute Gasteiger partial charge is 0.495 e. The van der Waals surface area contributed by atoms with Crippen LogP contribution in [0.3, 0.4) is 0 Å². The van der Waals surface area contributed by atoms with Gasteiger partial charge in [-0.15, -0.1) is 0 Å². The van der Waals surface area contributed by atoms with Crippen molar-refractivity contribution in [3.63, 3.8) is 0 Å². The number of anilines is 2. The topological polar surface area (TPSA) is 120 Å². The second-order valence-electron chi connectivity index (χ2n) is 7.97. The van der Waals surface area contributed by atoms with Crippen LogP contribution in [0, 0.1) is 0 Å². The molecule has 2 aromatic heterocycles. The molecule has 0 aliphatic heterocycles. The van der Waals surface area contributed by atoms with E-state index < -0.39 is 0 Å². The van der Waals surface area contributed by atoms with Crippen LogP contribution in [-0.4, -0.2) is 72.6 Å². The Labute approximate surface area is 211 Å². The number of benzene rings is 2. The lowest BCUT2D eigenvalue weighted by Crippen LogP contribution is -2.20. The van der Waals surface area contributed by atoms with Crippen LogP contribution in [0.2, 0.25) is 10.0 Å². The quantitative estimate of drug-likeness (QED) is 0.258. The zero-order valence-electron chi connectivity index (χ0n) is 19.6. The predicted molar refractivity (Wildman–Crippen MR) is 138 cm³/mol. The first-order valence-electron chi connectivity index (χ1n) is 10.7. The van der Waals surface area contributed by atoms with Crippen molar-refractivity contribution in [2.45, 2.75) is 0 Å². The number of nitrogens with zero attached hydrogens (tertiary/aromatic N) is 3. The SMILES string of the molecule is COc1cc(OC)c(Cl)c(-c2ccc3c(NC(=O)c4cc(NCCN(C)C)n[nH]4)n[nH]c3c2)c1Cl. The van der Waals surface area contributed by atoms with Crippen molar-refractivity contribution < 1.29 is 14.3 Å². The highest BCUT2D eigenvalue weighted by atomic mass is 35.5. The molecule has 184 valence electrons. The molecule has 1 amide bonds. The smallest absolute Gasteiger partial charge is 0.274 e. The normalized spacial score (nSPS) is 11.2. The zero-order chi connectivity index (χ0) is 25.1. The number of nitrogens with one attached hydrogen (secondary N) is 4. The van der Waals surface area contributed by atoms with Gasteiger partial charge in [0.2, 0.25) is 0 Å². The van der Waals surface area contributed by atoms with Gasteiger partial charge in [0.05, 0.1) is 29.8 Å². The number of rotatable bonds is 9. The molecule has 4 rings (SSSR count). The van der Waals surface area contributed by atoms with Gasteiger partial charge in [-0.25, -0.2) is 0 Å². The van der Waals surface area contributed by atoms with Crippen molar-refractivity contribution in [1.29, 1.82) is 0 Å². The number of fused-ring (bicyclic) bond motifs is 1. The number of aromatic nitrogens is 4. The van der Waals surface area contributed by atoms with Gasteiger partial charge in [-0.3, -0.25) is 15.0 Å². The van der Waals surface area contributed by atoms with Crippen LogP contribution < -0.4 is 20.1 Å². The molecule has 12 heteroatoms. The number of amides is 1. The summed E-state index contributed by atoms with van der Waals surface area (Å²) >= 11 is 13.1. The van der Waals surface area contributed by atoms with Gasteiger partial charge in [0.15, 0.2) is 5.82 Å². The minimum absolute atomic E-state index is 0.312. The third-order valence-electron chi connectivity index (χ3n) is 5.34. The number of methoxy groups -OCH3 is 2. The number of ether oxygens (including phenoxy) is 2. The van der Waals surface area contributed by atoms with E-state index in [9.17, 15) is 4.79 Å². The molecule has 0 aliphatic carbocycles. The first-order valence-corrected chi connectivity index (χ1v) is 11.4. The van der Waals surface area contributed by atoms with Gasteiger partial charge in [-0.2, -0.15) is 10.2 Å². The number of hydrogen-bond donors (Lipinski definition) is 4. The Hall–Kier alpha value is -3.47. The van der Waals surface area contributed by atoms with Crippen LogP contribution in [0.4, 0.5) is 11.6 Å². The van der Waals surface area contributed by atoms with Crippen molar-refractivity contribution in [3.8, 4) is 22.6 Å². The van der Waals surface area contributed by atoms with Gasteiger partial charge < -0.3 is 25.0 Å². The number of aromatic amines is 2. The fourth-order valence-electron chi connectivity index (χ4n) is 3.52. The number of carbonyl (C=O) groups is 1. The van der Waals surface area contributed by atoms with Crippen molar-refractivity contribution in [1.82, 2.24) is 25.3 Å². The third-order valence-corrected chi connectivity index (χ3v) is 6.10. The minimum atomic E-state index is -0.362. The van der Waals surface area contributed by atoms with Gasteiger partial charge in [0, 0.05) is 36.2 Å². The standard InChI is InChI=1S/C23H25Cl2N7O3/c1-32(2)8-7-26-18-10-15(29-30-18)23(33)27-22-13-6-5-12(9-14(13)28-31-22)19-20(24)16(34-3)11-17(35-4)21(19)25/h5-6,9-11H,7-8H2,1-4H3,(H2,26,29,30)(H2,27,28,31,33). The maximum atomic E-state index is 12.7. The summed E-state index contributed by atoms with van der Waals surface area (Å²) in [5, 5.41) is 21.5. The highest BCUT2D eigenvalue weighted by molar-refractivity contribution is 6.41. The number of carbonyl (C=O) groups excluding carboxylic acids is 1. The molecule has 0 unspecified atom stereocenters. The molecule has 4 N–H and O–H groups in total. The van der Waals surface area contributed by atoms with E-state index in [1.807, 2.05) is 37.2 Å². The maximum Gasteiger partial charge on any atom is 0.274 e. The molecule has 0 radical (unpaired) electrons. The van der Waals surface area contributed by atoms with Crippen LogP contribution in [0.15, 0.2) is 30.3 Å². The summed E-state index contributed by atoms with van der Waals surface area (Å²) in [6.07, 6.45) is 0. The average Bonchev–Trinajstić information content (AvgIpc) is 3.46. The van der Waals surface area contributed by atoms with Gasteiger partial charge >= 0.3 is 0 Å². The molecule has 0 saturated heterocycles. The monoisotopic (exact) mass is 517 g/mol. The molecule has 2 heterocycles. The Morgan fingerprint density at radius 1 is 1.03 bits per heavy atom. The number of H-pyrrole nitrogens is 2. The van der Waals surface area contributed by atoms with Crippen molar-refractivity contribution in [2.75, 3.05) is 52.0 Å². The minimum Gasteiger partial charge on any atom is -0.495 e. The van der Waals surface area contributed by atoms with E-state index in [2.05, 4.69) is 31.0 Å². The average molecular weight is 518 g/mol. The lowest BCUT2D eigenvalue weighted by atomic mass is 10.0. The first-order chi connectivity index (χ1) is 16.8. The molecule has 4 aromatic rings. The molecular formula is C23H25Cl2N7O3. The molecule has 2 aromatic carbocycles. The molecule has 0 saturated carbocycles. The summed E-state index contributed by atoms with van der Waals surface area (Å²) < 4.78 is 10.7. The van der Waals surface area contributed by atoms with E-state index in [4.69, 9.17) is 32.7 Å². The molecule has 10 nitrogen and oxygen atoms in total. The molecule has 0 aliphatic rings. The zero-order valence-corrected chi connectivity index (χ0v) is 21.1. The van der Waals surface area contributed by atoms with Crippen LogP contribution in [0.25, 0.3) is 22.0 Å². The number of likely N-dealkylation sites (N-methyl/N-ethyl adjacent to an activating group) is 1. The van der Waals surface area contributed by atoms with Crippen LogP contribution >= 0.6 is 23.2 Å². The Balaban J connectivity index is 1.57. The Morgan fingerprint density at radius 2 is 1.74 bits per heavy atom. The molecule has 0 atom stereocenters. The van der Waals surface area contributed by atoms with Crippen LogP contribution in [0.1, 0.15) is 10.5 Å². The summed E-state index contributed by atoms with van der Waals surface area (Å²) in [6, 6.07) is 8.78. The highest BCUT2D eigenvalue weighted by Gasteiger charge is 2.20. The summed E-state index contributed by atoms with van der Waals surface area (Å²) in [4.78, 5) is 14.8. The fraction of sp³-hybridized carbons (Fsp3) is 0.261. The second-order valence-corrected chi connectivity index (χ2v) is 8.72. The molecule has 0 spiro atoms. The van der Waals surface area contributed by atoms with Crippen LogP contribution in [0.5, 0.6) is 11.5 Å². The van der Waals surface area contributed by atoms with E-state index in [0.29, 0.717) is 61.9 Å². The summed E-state index contributed by atoms with van der Waals surface area (Å²) in [6.45, 7) is 1.55. The van der Waals surface area contributed by atoms with Gasteiger partial charge in [0.25, 0.3) is 5.91 Å². The lowest BCUT2D eigenvalue weighted by molar-refractivity contribution is 0.102. The van der Waals surface area contributed by atoms with Gasteiger partial charge in [-0.05, 0) is 31.8 Å². The Morgan fingerprint density at radius 3 is 2.40 bits per heavy atom. The lowest BCUT2D eigenvalue weighted by Gasteiger charge is -2.14. The van der Waals surface area contributed by atoms with Gasteiger partial charge in [-0.1, -0.05) is 29.3 Å². The molecule has 35 heavy (non-hydrogen) atoms. The highest BCUT2D eigenvalue weighted by Crippen LogP contribution is 2.46. The summed E-state index contributed by atoms with van der Waals surface area (Å²) in [7, 11) is 7.01. The first kappa shape index (κ1) is 24.6. The van der Waals surface area contributed by atoms with Gasteiger partial charge in [0.1, 0.15) is 23.0 Å². The Bertz CT molecular complexity index is 1340. The summed E-state index contributed by atoms with van der Waals surface area (Å²) in [5.41, 5.74) is 2.29. The van der Waals surface area contributed by atoms with E-state index in [1.54, 1.807) is 12.1 Å². The summed E-state index contributed by atoms with van der Waals surface area (Å²) in [5.74, 6) is 1.50. The van der Waals surface area contributed by atoms with Crippen molar-refractivity contribution in [3.05, 3.63) is 46.1 Å². The van der Waals surface area contributed by atoms with E-state index >= 15 is 0 Å². The maximum absolute atomic E-state index is 12.7. The number of halogens is 2.